The Labute approximate surface area is 420 Å². The summed E-state index contributed by atoms with van der Waals surface area (Å²) in [4.78, 5) is 25.4. The third kappa shape index (κ3) is 54.9. The van der Waals surface area contributed by atoms with Crippen molar-refractivity contribution in [3.8, 4) is 0 Å². The van der Waals surface area contributed by atoms with Gasteiger partial charge in [0.1, 0.15) is 6.61 Å². The van der Waals surface area contributed by atoms with Crippen LogP contribution in [0.25, 0.3) is 0 Å². The van der Waals surface area contributed by atoms with Crippen LogP contribution in [-0.4, -0.2) is 37.9 Å². The van der Waals surface area contributed by atoms with Crippen molar-refractivity contribution in [3.05, 3.63) is 122 Å². The quantitative estimate of drug-likeness (QED) is 0.0345. The second kappa shape index (κ2) is 57.6. The molecule has 5 nitrogen and oxygen atoms in total. The number of ether oxygens (including phenoxy) is 3. The Bertz CT molecular complexity index is 1390. The predicted octanol–water partition coefficient (Wildman–Crippen LogP) is 19.3. The van der Waals surface area contributed by atoms with Gasteiger partial charge in [0.15, 0.2) is 6.10 Å². The van der Waals surface area contributed by atoms with E-state index in [1.54, 1.807) is 0 Å². The van der Waals surface area contributed by atoms with Crippen molar-refractivity contribution < 1.29 is 23.8 Å². The normalized spacial score (nSPS) is 13.2. The summed E-state index contributed by atoms with van der Waals surface area (Å²) in [6, 6.07) is 0. The van der Waals surface area contributed by atoms with Gasteiger partial charge in [-0.25, -0.2) is 0 Å². The Kier molecular flexibility index (Phi) is 54.5. The summed E-state index contributed by atoms with van der Waals surface area (Å²) in [5, 5.41) is 0. The molecule has 0 aliphatic heterocycles. The van der Waals surface area contributed by atoms with Gasteiger partial charge in [-0.1, -0.05) is 232 Å². The van der Waals surface area contributed by atoms with Crippen molar-refractivity contribution in [2.75, 3.05) is 19.8 Å². The maximum absolute atomic E-state index is 12.8. The van der Waals surface area contributed by atoms with E-state index in [1.165, 1.54) is 103 Å². The highest BCUT2D eigenvalue weighted by atomic mass is 16.6. The van der Waals surface area contributed by atoms with E-state index in [4.69, 9.17) is 14.2 Å². The lowest BCUT2D eigenvalue weighted by Crippen LogP contribution is -2.30. The van der Waals surface area contributed by atoms with Crippen LogP contribution in [0, 0.1) is 0 Å². The van der Waals surface area contributed by atoms with Crippen molar-refractivity contribution in [2.45, 2.75) is 245 Å². The molecule has 0 saturated carbocycles. The predicted molar refractivity (Wildman–Crippen MR) is 297 cm³/mol. The summed E-state index contributed by atoms with van der Waals surface area (Å²) in [5.74, 6) is -0.516. The first kappa shape index (κ1) is 64.3. The number of carbonyl (C=O) groups is 2. The Morgan fingerprint density at radius 3 is 1.18 bits per heavy atom. The molecule has 0 aromatic carbocycles. The molecule has 0 bridgehead atoms. The number of carbonyl (C=O) groups excluding carboxylic acids is 2. The van der Waals surface area contributed by atoms with E-state index in [1.807, 2.05) is 6.08 Å². The number of hydrogen-bond donors (Lipinski definition) is 0. The molecule has 0 rings (SSSR count). The fourth-order valence-corrected chi connectivity index (χ4v) is 7.31. The monoisotopic (exact) mass is 941 g/mol. The topological polar surface area (TPSA) is 61.8 Å². The average molecular weight is 942 g/mol. The first-order valence-corrected chi connectivity index (χ1v) is 28.1. The second-order valence-corrected chi connectivity index (χ2v) is 18.1. The van der Waals surface area contributed by atoms with Gasteiger partial charge in [0.25, 0.3) is 0 Å². The first-order chi connectivity index (χ1) is 33.6. The third-order valence-corrected chi connectivity index (χ3v) is 11.4. The zero-order valence-corrected chi connectivity index (χ0v) is 44.3. The van der Waals surface area contributed by atoms with Crippen molar-refractivity contribution in [1.82, 2.24) is 0 Å². The minimum atomic E-state index is -0.584. The number of allylic oxidation sites excluding steroid dienone is 20. The van der Waals surface area contributed by atoms with E-state index >= 15 is 0 Å². The molecule has 1 atom stereocenters. The molecule has 0 aliphatic rings. The molecule has 68 heavy (non-hydrogen) atoms. The third-order valence-electron chi connectivity index (χ3n) is 11.4. The summed E-state index contributed by atoms with van der Waals surface area (Å²) < 4.78 is 17.4. The van der Waals surface area contributed by atoms with Gasteiger partial charge < -0.3 is 14.2 Å². The Balaban J connectivity index is 4.39. The summed E-state index contributed by atoms with van der Waals surface area (Å²) >= 11 is 0. The Morgan fingerprint density at radius 1 is 0.338 bits per heavy atom. The smallest absolute Gasteiger partial charge is 0.306 e. The molecule has 0 spiro atoms. The van der Waals surface area contributed by atoms with Gasteiger partial charge in [-0.2, -0.15) is 0 Å². The molecule has 0 saturated heterocycles. The number of hydrogen-bond acceptors (Lipinski definition) is 5. The van der Waals surface area contributed by atoms with Crippen LogP contribution in [0.4, 0.5) is 0 Å². The maximum Gasteiger partial charge on any atom is 0.306 e. The molecule has 0 aliphatic carbocycles. The summed E-state index contributed by atoms with van der Waals surface area (Å²) in [6.07, 6.45) is 80.9. The van der Waals surface area contributed by atoms with E-state index in [0.29, 0.717) is 25.9 Å². The highest BCUT2D eigenvalue weighted by molar-refractivity contribution is 5.70. The molecule has 0 aromatic heterocycles. The van der Waals surface area contributed by atoms with Gasteiger partial charge in [-0.05, 0) is 116 Å². The van der Waals surface area contributed by atoms with Gasteiger partial charge in [-0.15, -0.1) is 0 Å². The van der Waals surface area contributed by atoms with Crippen LogP contribution in [0.5, 0.6) is 0 Å². The van der Waals surface area contributed by atoms with Crippen molar-refractivity contribution in [1.29, 1.82) is 0 Å². The van der Waals surface area contributed by atoms with E-state index in [2.05, 4.69) is 136 Å². The SMILES string of the molecule is CC/C=C\C/C=C\C/C=C\C/C=C\C/C=C\C/C=C\CCC(=O)OCC(COCCCCCCCCCCCC/C=C\C/C=C\CCCCC)OC(=O)CCCCCCC/C=C\C/C=C\CCC. The molecule has 0 radical (unpaired) electrons. The summed E-state index contributed by atoms with van der Waals surface area (Å²) in [7, 11) is 0. The van der Waals surface area contributed by atoms with Crippen LogP contribution in [-0.2, 0) is 23.8 Å². The minimum Gasteiger partial charge on any atom is -0.462 e. The van der Waals surface area contributed by atoms with Crippen LogP contribution in [0.3, 0.4) is 0 Å². The molecule has 0 heterocycles. The van der Waals surface area contributed by atoms with Gasteiger partial charge >= 0.3 is 11.9 Å². The number of unbranched alkanes of at least 4 members (excludes halogenated alkanes) is 19. The zero-order chi connectivity index (χ0) is 49.2. The van der Waals surface area contributed by atoms with Crippen LogP contribution in [0.1, 0.15) is 239 Å². The molecule has 5 heteroatoms. The van der Waals surface area contributed by atoms with Gasteiger partial charge in [0.2, 0.25) is 0 Å². The lowest BCUT2D eigenvalue weighted by atomic mass is 10.1. The number of esters is 2. The molecule has 1 unspecified atom stereocenters. The first-order valence-electron chi connectivity index (χ1n) is 28.1. The minimum absolute atomic E-state index is 0.0315. The lowest BCUT2D eigenvalue weighted by molar-refractivity contribution is -0.162. The summed E-state index contributed by atoms with van der Waals surface area (Å²) in [6.45, 7) is 7.52. The highest BCUT2D eigenvalue weighted by Gasteiger charge is 2.17. The van der Waals surface area contributed by atoms with Crippen LogP contribution >= 0.6 is 0 Å². The van der Waals surface area contributed by atoms with Crippen molar-refractivity contribution in [3.63, 3.8) is 0 Å². The maximum atomic E-state index is 12.8. The van der Waals surface area contributed by atoms with E-state index in [0.717, 1.165) is 96.3 Å². The fraction of sp³-hybridized carbons (Fsp3) is 0.651. The summed E-state index contributed by atoms with van der Waals surface area (Å²) in [5.41, 5.74) is 0. The molecule has 0 amide bonds. The standard InChI is InChI=1S/C63H104O5/c1-4-7-10-13-16-19-22-25-27-29-31-33-35-37-40-43-46-49-52-55-58-66-59-61(68-63(65)57-54-51-48-45-42-38-24-21-18-15-12-9-6-3)60-67-62(64)56-53-50-47-44-41-39-36-34-32-30-28-26-23-20-17-14-11-8-5-2/h8,11-12,15-17,19-21,24-28,32,34,39,41,47,50,61H,4-7,9-10,13-14,18,22-23,29-31,33,35-38,40,42-46,48-49,51-60H2,1-3H3/b11-8-,15-12-,19-16-,20-17-,24-21-,27-25-,28-26-,34-32-,41-39-,50-47-. The molecule has 0 fully saturated rings. The average Bonchev–Trinajstić information content (AvgIpc) is 3.34. The van der Waals surface area contributed by atoms with Crippen LogP contribution < -0.4 is 0 Å². The molecule has 386 valence electrons. The Hall–Kier alpha value is -3.70. The zero-order valence-electron chi connectivity index (χ0n) is 44.3. The van der Waals surface area contributed by atoms with Crippen molar-refractivity contribution in [2.24, 2.45) is 0 Å². The molecule has 0 N–H and O–H groups in total. The molecular weight excluding hydrogens is 837 g/mol. The van der Waals surface area contributed by atoms with Crippen LogP contribution in [0.15, 0.2) is 122 Å². The van der Waals surface area contributed by atoms with E-state index < -0.39 is 6.10 Å². The largest absolute Gasteiger partial charge is 0.462 e. The lowest BCUT2D eigenvalue weighted by Gasteiger charge is -2.18. The number of rotatable bonds is 50. The van der Waals surface area contributed by atoms with Gasteiger partial charge in [0, 0.05) is 19.4 Å². The molecule has 0 aromatic rings. The highest BCUT2D eigenvalue weighted by Crippen LogP contribution is 2.13. The molecular formula is C63H104O5. The van der Waals surface area contributed by atoms with Crippen LogP contribution in [0.2, 0.25) is 0 Å². The van der Waals surface area contributed by atoms with Gasteiger partial charge in [-0.3, -0.25) is 9.59 Å². The second-order valence-electron chi connectivity index (χ2n) is 18.1. The fourth-order valence-electron chi connectivity index (χ4n) is 7.31. The van der Waals surface area contributed by atoms with Gasteiger partial charge in [0.05, 0.1) is 6.61 Å². The van der Waals surface area contributed by atoms with E-state index in [9.17, 15) is 9.59 Å². The Morgan fingerprint density at radius 2 is 0.721 bits per heavy atom. The van der Waals surface area contributed by atoms with Crippen molar-refractivity contribution >= 4 is 11.9 Å². The van der Waals surface area contributed by atoms with E-state index in [-0.39, 0.29) is 25.2 Å².